The number of rotatable bonds is 8. The van der Waals surface area contributed by atoms with Gasteiger partial charge >= 0.3 is 0 Å². The lowest BCUT2D eigenvalue weighted by Gasteiger charge is -2.29. The lowest BCUT2D eigenvalue weighted by atomic mass is 10.0. The molecule has 0 aromatic heterocycles. The van der Waals surface area contributed by atoms with Gasteiger partial charge in [0.15, 0.2) is 0 Å². The standard InChI is InChI=1S/C25H29N5O5/c31-23-9-8-21(24(32)27-23)30-14-20-19(25(30)33)2-1-3-22(20)34-15-17-4-6-18(7-5-17)16-35-28-29-12-10-26-11-13-29/h1-7,21,26,28H,8-16H2,(H,27,31,32). The quantitative estimate of drug-likeness (QED) is 0.378. The van der Waals surface area contributed by atoms with Crippen molar-refractivity contribution in [3.63, 3.8) is 0 Å². The molecule has 2 fully saturated rings. The molecule has 0 bridgehead atoms. The van der Waals surface area contributed by atoms with E-state index in [1.54, 1.807) is 12.1 Å². The number of hydrogen-bond acceptors (Lipinski definition) is 8. The molecule has 3 N–H and O–H groups in total. The minimum atomic E-state index is -0.642. The maximum atomic E-state index is 13.0. The number of imide groups is 1. The number of amides is 3. The summed E-state index contributed by atoms with van der Waals surface area (Å²) in [5.41, 5.74) is 6.33. The van der Waals surface area contributed by atoms with Crippen LogP contribution in [-0.2, 0) is 34.2 Å². The molecule has 1 atom stereocenters. The number of carbonyl (C=O) groups is 3. The van der Waals surface area contributed by atoms with Gasteiger partial charge in [-0.3, -0.25) is 24.5 Å². The summed E-state index contributed by atoms with van der Waals surface area (Å²) in [6.45, 7) is 4.77. The van der Waals surface area contributed by atoms with Gasteiger partial charge in [0, 0.05) is 43.7 Å². The average Bonchev–Trinajstić information content (AvgIpc) is 3.21. The molecule has 0 aliphatic carbocycles. The summed E-state index contributed by atoms with van der Waals surface area (Å²) in [5, 5.41) is 7.67. The SMILES string of the molecule is O=C1CCC(N2Cc3c(OCc4ccc(CONN5CCNCC5)cc4)cccc3C2=O)C(=O)N1. The normalized spacial score (nSPS) is 20.6. The van der Waals surface area contributed by atoms with Crippen LogP contribution < -0.4 is 21.0 Å². The molecule has 0 radical (unpaired) electrons. The number of fused-ring (bicyclic) bond motifs is 1. The summed E-state index contributed by atoms with van der Waals surface area (Å²) in [7, 11) is 0. The molecule has 0 spiro atoms. The van der Waals surface area contributed by atoms with E-state index < -0.39 is 11.9 Å². The van der Waals surface area contributed by atoms with E-state index in [1.807, 2.05) is 35.3 Å². The lowest BCUT2D eigenvalue weighted by Crippen LogP contribution is -2.52. The molecule has 0 saturated carbocycles. The molecule has 3 aliphatic heterocycles. The molecule has 10 nitrogen and oxygen atoms in total. The first kappa shape index (κ1) is 23.4. The van der Waals surface area contributed by atoms with Crippen LogP contribution >= 0.6 is 0 Å². The minimum Gasteiger partial charge on any atom is -0.489 e. The summed E-state index contributed by atoms with van der Waals surface area (Å²) in [6.07, 6.45) is 0.564. The van der Waals surface area contributed by atoms with Crippen LogP contribution in [0.5, 0.6) is 5.75 Å². The third kappa shape index (κ3) is 5.35. The first-order chi connectivity index (χ1) is 17.1. The van der Waals surface area contributed by atoms with E-state index >= 15 is 0 Å². The van der Waals surface area contributed by atoms with Crippen molar-refractivity contribution >= 4 is 17.7 Å². The number of nitrogens with one attached hydrogen (secondary N) is 3. The monoisotopic (exact) mass is 479 g/mol. The van der Waals surface area contributed by atoms with Crippen LogP contribution in [-0.4, -0.2) is 59.9 Å². The van der Waals surface area contributed by atoms with Crippen LogP contribution in [0.1, 0.15) is 39.9 Å². The predicted octanol–water partition coefficient (Wildman–Crippen LogP) is 0.868. The molecule has 5 rings (SSSR count). The second kappa shape index (κ2) is 10.5. The van der Waals surface area contributed by atoms with Crippen molar-refractivity contribution in [3.8, 4) is 5.75 Å². The molecule has 2 aromatic carbocycles. The maximum Gasteiger partial charge on any atom is 0.255 e. The number of hydrazine groups is 1. The Hall–Kier alpha value is -3.31. The van der Waals surface area contributed by atoms with Crippen molar-refractivity contribution in [2.45, 2.75) is 38.6 Å². The number of piperidine rings is 1. The third-order valence-corrected chi connectivity index (χ3v) is 6.51. The fourth-order valence-corrected chi connectivity index (χ4v) is 4.55. The Morgan fingerprint density at radius 1 is 0.971 bits per heavy atom. The van der Waals surface area contributed by atoms with E-state index in [4.69, 9.17) is 9.57 Å². The van der Waals surface area contributed by atoms with Crippen LogP contribution in [0, 0.1) is 0 Å². The van der Waals surface area contributed by atoms with Gasteiger partial charge < -0.3 is 15.0 Å². The molecule has 10 heteroatoms. The summed E-state index contributed by atoms with van der Waals surface area (Å²) in [4.78, 5) is 43.8. The molecule has 1 unspecified atom stereocenters. The van der Waals surface area contributed by atoms with Crippen LogP contribution in [0.3, 0.4) is 0 Å². The Morgan fingerprint density at radius 2 is 1.71 bits per heavy atom. The Bertz CT molecular complexity index is 1100. The van der Waals surface area contributed by atoms with Gasteiger partial charge in [0.25, 0.3) is 5.91 Å². The van der Waals surface area contributed by atoms with Crippen molar-refractivity contribution < 1.29 is 24.0 Å². The number of hydrogen-bond donors (Lipinski definition) is 3. The largest absolute Gasteiger partial charge is 0.489 e. The summed E-state index contributed by atoms with van der Waals surface area (Å²) in [6, 6.07) is 12.7. The van der Waals surface area contributed by atoms with Crippen LogP contribution in [0.2, 0.25) is 0 Å². The topological polar surface area (TPSA) is 112 Å². The number of ether oxygens (including phenoxy) is 1. The minimum absolute atomic E-state index is 0.210. The summed E-state index contributed by atoms with van der Waals surface area (Å²) < 4.78 is 6.07. The number of nitrogens with zero attached hydrogens (tertiary/aromatic N) is 2. The molecule has 2 aromatic rings. The number of carbonyl (C=O) groups excluding carboxylic acids is 3. The Labute approximate surface area is 203 Å². The third-order valence-electron chi connectivity index (χ3n) is 6.51. The highest BCUT2D eigenvalue weighted by Crippen LogP contribution is 2.33. The van der Waals surface area contributed by atoms with Gasteiger partial charge in [-0.25, -0.2) is 5.01 Å². The van der Waals surface area contributed by atoms with Gasteiger partial charge in [-0.2, -0.15) is 0 Å². The van der Waals surface area contributed by atoms with E-state index in [9.17, 15) is 14.4 Å². The second-order valence-corrected chi connectivity index (χ2v) is 8.90. The molecular formula is C25H29N5O5. The Balaban J connectivity index is 1.16. The van der Waals surface area contributed by atoms with E-state index in [2.05, 4.69) is 16.2 Å². The highest BCUT2D eigenvalue weighted by Gasteiger charge is 2.40. The first-order valence-electron chi connectivity index (χ1n) is 11.9. The maximum absolute atomic E-state index is 13.0. The number of piperazine rings is 1. The van der Waals surface area contributed by atoms with Crippen molar-refractivity contribution in [1.82, 2.24) is 26.1 Å². The van der Waals surface area contributed by atoms with E-state index in [-0.39, 0.29) is 24.8 Å². The van der Waals surface area contributed by atoms with Crippen molar-refractivity contribution in [3.05, 3.63) is 64.7 Å². The zero-order chi connectivity index (χ0) is 24.2. The highest BCUT2D eigenvalue weighted by molar-refractivity contribution is 6.05. The van der Waals surface area contributed by atoms with Crippen molar-refractivity contribution in [2.24, 2.45) is 0 Å². The smallest absolute Gasteiger partial charge is 0.255 e. The summed E-state index contributed by atoms with van der Waals surface area (Å²) in [5.74, 6) is -0.304. The van der Waals surface area contributed by atoms with Gasteiger partial charge in [0.05, 0.1) is 13.2 Å². The van der Waals surface area contributed by atoms with Crippen LogP contribution in [0.25, 0.3) is 0 Å². The zero-order valence-corrected chi connectivity index (χ0v) is 19.4. The zero-order valence-electron chi connectivity index (χ0n) is 19.4. The lowest BCUT2D eigenvalue weighted by molar-refractivity contribution is -0.136. The molecule has 3 aliphatic rings. The first-order valence-corrected chi connectivity index (χ1v) is 11.9. The Kier molecular flexibility index (Phi) is 7.05. The van der Waals surface area contributed by atoms with Gasteiger partial charge in [-0.1, -0.05) is 30.3 Å². The molecule has 3 heterocycles. The van der Waals surface area contributed by atoms with Gasteiger partial charge in [0.2, 0.25) is 11.8 Å². The predicted molar refractivity (Wildman–Crippen MR) is 126 cm³/mol. The van der Waals surface area contributed by atoms with Crippen molar-refractivity contribution in [2.75, 3.05) is 26.2 Å². The second-order valence-electron chi connectivity index (χ2n) is 8.90. The van der Waals surface area contributed by atoms with Gasteiger partial charge in [-0.15, -0.1) is 5.59 Å². The van der Waals surface area contributed by atoms with E-state index in [0.717, 1.165) is 42.9 Å². The summed E-state index contributed by atoms with van der Waals surface area (Å²) >= 11 is 0. The van der Waals surface area contributed by atoms with E-state index in [0.29, 0.717) is 30.9 Å². The van der Waals surface area contributed by atoms with Crippen molar-refractivity contribution in [1.29, 1.82) is 0 Å². The fourth-order valence-electron chi connectivity index (χ4n) is 4.55. The van der Waals surface area contributed by atoms with Gasteiger partial charge in [0.1, 0.15) is 18.4 Å². The molecule has 35 heavy (non-hydrogen) atoms. The van der Waals surface area contributed by atoms with Crippen LogP contribution in [0.15, 0.2) is 42.5 Å². The molecule has 184 valence electrons. The average molecular weight is 480 g/mol. The van der Waals surface area contributed by atoms with E-state index in [1.165, 1.54) is 4.90 Å². The molecular weight excluding hydrogens is 450 g/mol. The van der Waals surface area contributed by atoms with Crippen LogP contribution in [0.4, 0.5) is 0 Å². The molecule has 2 saturated heterocycles. The number of benzene rings is 2. The van der Waals surface area contributed by atoms with Gasteiger partial charge in [-0.05, 0) is 29.7 Å². The fraction of sp³-hybridized carbons (Fsp3) is 0.400. The Morgan fingerprint density at radius 3 is 2.46 bits per heavy atom. The molecule has 3 amide bonds. The highest BCUT2D eigenvalue weighted by atomic mass is 16.7.